The van der Waals surface area contributed by atoms with Gasteiger partial charge in [0.1, 0.15) is 18.0 Å². The Labute approximate surface area is 120 Å². The zero-order valence-corrected chi connectivity index (χ0v) is 13.0. The maximum atomic E-state index is 11.3. The molecule has 0 fully saturated rings. The van der Waals surface area contributed by atoms with Gasteiger partial charge in [0.05, 0.1) is 6.54 Å². The van der Waals surface area contributed by atoms with Gasteiger partial charge < -0.3 is 16.0 Å². The summed E-state index contributed by atoms with van der Waals surface area (Å²) in [6, 6.07) is 0. The van der Waals surface area contributed by atoms with E-state index in [1.54, 1.807) is 0 Å². The standard InChI is InChI=1S/C14H25N5O/c1-9(2)6-19(7-11(15)20)14-12(10(3)4)13(16-5)17-8-18-14/h8-10H,6-7H2,1-5H3,(H2,15,20)(H,16,17,18). The first-order valence-corrected chi connectivity index (χ1v) is 6.92. The third-order valence-corrected chi connectivity index (χ3v) is 2.91. The number of rotatable bonds is 7. The molecule has 112 valence electrons. The van der Waals surface area contributed by atoms with E-state index in [9.17, 15) is 4.79 Å². The van der Waals surface area contributed by atoms with Gasteiger partial charge in [0.2, 0.25) is 5.91 Å². The molecule has 0 unspecified atom stereocenters. The van der Waals surface area contributed by atoms with E-state index in [-0.39, 0.29) is 18.4 Å². The number of anilines is 2. The maximum absolute atomic E-state index is 11.3. The van der Waals surface area contributed by atoms with Crippen LogP contribution in [0, 0.1) is 5.92 Å². The SMILES string of the molecule is CNc1ncnc(N(CC(N)=O)CC(C)C)c1C(C)C. The summed E-state index contributed by atoms with van der Waals surface area (Å²) in [5.41, 5.74) is 6.37. The summed E-state index contributed by atoms with van der Waals surface area (Å²) in [5.74, 6) is 1.87. The maximum Gasteiger partial charge on any atom is 0.236 e. The molecule has 20 heavy (non-hydrogen) atoms. The van der Waals surface area contributed by atoms with Crippen LogP contribution in [0.3, 0.4) is 0 Å². The highest BCUT2D eigenvalue weighted by Gasteiger charge is 2.21. The van der Waals surface area contributed by atoms with Crippen molar-refractivity contribution in [2.75, 3.05) is 30.4 Å². The normalized spacial score (nSPS) is 10.9. The van der Waals surface area contributed by atoms with Gasteiger partial charge in [-0.05, 0) is 11.8 Å². The third kappa shape index (κ3) is 4.08. The summed E-state index contributed by atoms with van der Waals surface area (Å²) < 4.78 is 0. The number of nitrogens with one attached hydrogen (secondary N) is 1. The van der Waals surface area contributed by atoms with Crippen LogP contribution in [0.25, 0.3) is 0 Å². The quantitative estimate of drug-likeness (QED) is 0.792. The van der Waals surface area contributed by atoms with Gasteiger partial charge in [0.15, 0.2) is 0 Å². The molecule has 0 atom stereocenters. The van der Waals surface area contributed by atoms with Crippen LogP contribution in [-0.2, 0) is 4.79 Å². The van der Waals surface area contributed by atoms with E-state index in [4.69, 9.17) is 5.73 Å². The Morgan fingerprint density at radius 2 is 2.00 bits per heavy atom. The van der Waals surface area contributed by atoms with Crippen molar-refractivity contribution in [3.05, 3.63) is 11.9 Å². The first-order valence-electron chi connectivity index (χ1n) is 6.92. The van der Waals surface area contributed by atoms with Crippen LogP contribution >= 0.6 is 0 Å². The molecule has 0 spiro atoms. The van der Waals surface area contributed by atoms with Crippen LogP contribution in [0.4, 0.5) is 11.6 Å². The van der Waals surface area contributed by atoms with Gasteiger partial charge in [0.25, 0.3) is 0 Å². The number of nitrogens with zero attached hydrogens (tertiary/aromatic N) is 3. The van der Waals surface area contributed by atoms with Gasteiger partial charge in [-0.25, -0.2) is 9.97 Å². The minimum absolute atomic E-state index is 0.165. The first kappa shape index (κ1) is 16.2. The number of amides is 1. The molecular weight excluding hydrogens is 254 g/mol. The molecule has 0 aromatic carbocycles. The first-order chi connectivity index (χ1) is 9.36. The number of nitrogens with two attached hydrogens (primary N) is 1. The van der Waals surface area contributed by atoms with E-state index in [0.29, 0.717) is 5.92 Å². The fourth-order valence-electron chi connectivity index (χ4n) is 2.22. The number of hydrogen-bond acceptors (Lipinski definition) is 5. The highest BCUT2D eigenvalue weighted by Crippen LogP contribution is 2.30. The Morgan fingerprint density at radius 1 is 1.35 bits per heavy atom. The second kappa shape index (κ2) is 7.07. The van der Waals surface area contributed by atoms with Gasteiger partial charge in [-0.2, -0.15) is 0 Å². The van der Waals surface area contributed by atoms with Crippen LogP contribution in [0.15, 0.2) is 6.33 Å². The average molecular weight is 279 g/mol. The lowest BCUT2D eigenvalue weighted by Crippen LogP contribution is -2.37. The number of aromatic nitrogens is 2. The van der Waals surface area contributed by atoms with Gasteiger partial charge in [-0.15, -0.1) is 0 Å². The molecule has 0 aliphatic heterocycles. The fraction of sp³-hybridized carbons (Fsp3) is 0.643. The van der Waals surface area contributed by atoms with Crippen LogP contribution in [-0.4, -0.2) is 36.0 Å². The molecule has 0 saturated carbocycles. The Bertz CT molecular complexity index is 459. The highest BCUT2D eigenvalue weighted by molar-refractivity contribution is 5.80. The molecule has 1 heterocycles. The topological polar surface area (TPSA) is 84.1 Å². The molecule has 1 amide bonds. The van der Waals surface area contributed by atoms with E-state index in [1.165, 1.54) is 6.33 Å². The van der Waals surface area contributed by atoms with E-state index in [2.05, 4.69) is 43.0 Å². The van der Waals surface area contributed by atoms with E-state index >= 15 is 0 Å². The van der Waals surface area contributed by atoms with Crippen molar-refractivity contribution in [3.63, 3.8) is 0 Å². The summed E-state index contributed by atoms with van der Waals surface area (Å²) >= 11 is 0. The molecule has 0 aliphatic carbocycles. The molecule has 1 rings (SSSR count). The van der Waals surface area contributed by atoms with E-state index < -0.39 is 0 Å². The smallest absolute Gasteiger partial charge is 0.236 e. The zero-order chi connectivity index (χ0) is 15.3. The highest BCUT2D eigenvalue weighted by atomic mass is 16.1. The molecule has 0 aliphatic rings. The Morgan fingerprint density at radius 3 is 2.45 bits per heavy atom. The molecule has 6 heteroatoms. The predicted octanol–water partition coefficient (Wildman–Crippen LogP) is 1.59. The van der Waals surface area contributed by atoms with Crippen molar-refractivity contribution in [2.24, 2.45) is 11.7 Å². The van der Waals surface area contributed by atoms with Crippen LogP contribution in [0.1, 0.15) is 39.2 Å². The summed E-state index contributed by atoms with van der Waals surface area (Å²) in [6.45, 7) is 9.26. The number of carbonyl (C=O) groups excluding carboxylic acids is 1. The van der Waals surface area contributed by atoms with Crippen LogP contribution in [0.2, 0.25) is 0 Å². The molecular formula is C14H25N5O. The van der Waals surface area contributed by atoms with Crippen molar-refractivity contribution >= 4 is 17.5 Å². The van der Waals surface area contributed by atoms with Gasteiger partial charge in [0, 0.05) is 19.2 Å². The largest absolute Gasteiger partial charge is 0.373 e. The van der Waals surface area contributed by atoms with Crippen molar-refractivity contribution < 1.29 is 4.79 Å². The average Bonchev–Trinajstić information content (AvgIpc) is 2.35. The van der Waals surface area contributed by atoms with Gasteiger partial charge in [-0.3, -0.25) is 4.79 Å². The molecule has 1 aromatic heterocycles. The lowest BCUT2D eigenvalue weighted by molar-refractivity contribution is -0.116. The Kier molecular flexibility index (Phi) is 5.73. The van der Waals surface area contributed by atoms with Gasteiger partial charge >= 0.3 is 0 Å². The van der Waals surface area contributed by atoms with Gasteiger partial charge in [-0.1, -0.05) is 27.7 Å². The van der Waals surface area contributed by atoms with E-state index in [1.807, 2.05) is 11.9 Å². The molecule has 1 aromatic rings. The number of carbonyl (C=O) groups is 1. The number of hydrogen-bond donors (Lipinski definition) is 2. The fourth-order valence-corrected chi connectivity index (χ4v) is 2.22. The second-order valence-electron chi connectivity index (χ2n) is 5.60. The van der Waals surface area contributed by atoms with Crippen LogP contribution in [0.5, 0.6) is 0 Å². The summed E-state index contributed by atoms with van der Waals surface area (Å²) in [6.07, 6.45) is 1.52. The molecule has 0 radical (unpaired) electrons. The summed E-state index contributed by atoms with van der Waals surface area (Å²) in [5, 5.41) is 3.08. The zero-order valence-electron chi connectivity index (χ0n) is 13.0. The second-order valence-corrected chi connectivity index (χ2v) is 5.60. The van der Waals surface area contributed by atoms with Crippen molar-refractivity contribution in [1.29, 1.82) is 0 Å². The molecule has 6 nitrogen and oxygen atoms in total. The Balaban J connectivity index is 3.27. The van der Waals surface area contributed by atoms with Crippen molar-refractivity contribution in [1.82, 2.24) is 9.97 Å². The van der Waals surface area contributed by atoms with E-state index in [0.717, 1.165) is 23.7 Å². The lowest BCUT2D eigenvalue weighted by Gasteiger charge is -2.28. The third-order valence-electron chi connectivity index (χ3n) is 2.91. The molecule has 0 saturated heterocycles. The van der Waals surface area contributed by atoms with Crippen molar-refractivity contribution in [2.45, 2.75) is 33.6 Å². The monoisotopic (exact) mass is 279 g/mol. The Hall–Kier alpha value is -1.85. The molecule has 0 bridgehead atoms. The number of primary amides is 1. The predicted molar refractivity (Wildman–Crippen MR) is 81.9 cm³/mol. The molecule has 3 N–H and O–H groups in total. The summed E-state index contributed by atoms with van der Waals surface area (Å²) in [4.78, 5) is 21.9. The van der Waals surface area contributed by atoms with Crippen molar-refractivity contribution in [3.8, 4) is 0 Å². The summed E-state index contributed by atoms with van der Waals surface area (Å²) in [7, 11) is 1.83. The minimum Gasteiger partial charge on any atom is -0.373 e. The minimum atomic E-state index is -0.357. The lowest BCUT2D eigenvalue weighted by atomic mass is 10.0. The van der Waals surface area contributed by atoms with Crippen LogP contribution < -0.4 is 16.0 Å².